The molecule has 2 aromatic heterocycles. The summed E-state index contributed by atoms with van der Waals surface area (Å²) in [7, 11) is 0. The third-order valence-corrected chi connectivity index (χ3v) is 5.02. The van der Waals surface area contributed by atoms with Gasteiger partial charge in [0.05, 0.1) is 23.2 Å². The molecule has 28 heavy (non-hydrogen) atoms. The number of carbonyl (C=O) groups excluding carboxylic acids is 1. The van der Waals surface area contributed by atoms with Gasteiger partial charge < -0.3 is 15.2 Å². The maximum atomic E-state index is 13.5. The van der Waals surface area contributed by atoms with Gasteiger partial charge in [0.2, 0.25) is 0 Å². The molecule has 2 atom stereocenters. The van der Waals surface area contributed by atoms with E-state index in [9.17, 15) is 4.79 Å². The molecule has 0 saturated carbocycles. The zero-order valence-corrected chi connectivity index (χ0v) is 15.7. The van der Waals surface area contributed by atoms with E-state index in [0.717, 1.165) is 19.3 Å². The number of carbonyl (C=O) groups is 1. The number of aromatic nitrogens is 4. The molecule has 8 heteroatoms. The van der Waals surface area contributed by atoms with Gasteiger partial charge in [-0.2, -0.15) is 4.98 Å². The number of hydrogen-bond donors (Lipinski definition) is 1. The van der Waals surface area contributed by atoms with Crippen molar-refractivity contribution in [2.45, 2.75) is 38.3 Å². The Morgan fingerprint density at radius 1 is 1.21 bits per heavy atom. The molecule has 2 unspecified atom stereocenters. The lowest BCUT2D eigenvalue weighted by molar-refractivity contribution is 0.0570. The smallest absolute Gasteiger partial charge is 0.258 e. The molecule has 144 valence electrons. The van der Waals surface area contributed by atoms with Gasteiger partial charge in [-0.25, -0.2) is 9.97 Å². The Kier molecular flexibility index (Phi) is 5.12. The van der Waals surface area contributed by atoms with Crippen LogP contribution in [0.4, 0.5) is 0 Å². The standard InChI is InChI=1S/C20H22N6O2/c1-13-24-19(28-25-13)14-7-2-3-8-15(14)20(27)26-12-5-4-9-16(26)17(21)18-22-10-6-11-23-18/h2-3,6-8,10-11,16-17H,4-5,9,12,21H2,1H3. The van der Waals surface area contributed by atoms with Crippen molar-refractivity contribution in [1.82, 2.24) is 25.0 Å². The monoisotopic (exact) mass is 378 g/mol. The lowest BCUT2D eigenvalue weighted by Crippen LogP contribution is -2.49. The average molecular weight is 378 g/mol. The Hall–Kier alpha value is -3.13. The topological polar surface area (TPSA) is 111 Å². The number of likely N-dealkylation sites (tertiary alicyclic amines) is 1. The molecule has 1 amide bonds. The molecule has 0 radical (unpaired) electrons. The second-order valence-electron chi connectivity index (χ2n) is 6.89. The van der Waals surface area contributed by atoms with Crippen molar-refractivity contribution >= 4 is 5.91 Å². The third kappa shape index (κ3) is 3.50. The van der Waals surface area contributed by atoms with Crippen LogP contribution in [0.1, 0.15) is 47.3 Å². The van der Waals surface area contributed by atoms with Gasteiger partial charge in [0.25, 0.3) is 11.8 Å². The van der Waals surface area contributed by atoms with Gasteiger partial charge in [-0.15, -0.1) is 0 Å². The van der Waals surface area contributed by atoms with E-state index in [4.69, 9.17) is 10.3 Å². The molecule has 1 aliphatic heterocycles. The molecule has 8 nitrogen and oxygen atoms in total. The SMILES string of the molecule is Cc1noc(-c2ccccc2C(=O)N2CCCCC2C(N)c2ncccn2)n1. The zero-order chi connectivity index (χ0) is 19.5. The Bertz CT molecular complexity index is 958. The van der Waals surface area contributed by atoms with Crippen molar-refractivity contribution in [2.75, 3.05) is 6.54 Å². The zero-order valence-electron chi connectivity index (χ0n) is 15.7. The molecule has 3 heterocycles. The molecule has 3 aromatic rings. The first-order valence-corrected chi connectivity index (χ1v) is 9.38. The predicted octanol–water partition coefficient (Wildman–Crippen LogP) is 2.53. The molecular weight excluding hydrogens is 356 g/mol. The van der Waals surface area contributed by atoms with Crippen molar-refractivity contribution in [3.05, 3.63) is 59.9 Å². The predicted molar refractivity (Wildman–Crippen MR) is 102 cm³/mol. The number of amides is 1. The molecule has 2 N–H and O–H groups in total. The maximum absolute atomic E-state index is 13.5. The fourth-order valence-electron chi connectivity index (χ4n) is 3.65. The van der Waals surface area contributed by atoms with Crippen LogP contribution in [0.25, 0.3) is 11.5 Å². The van der Waals surface area contributed by atoms with E-state index in [1.807, 2.05) is 23.1 Å². The molecule has 0 aliphatic carbocycles. The number of nitrogens with two attached hydrogens (primary N) is 1. The van der Waals surface area contributed by atoms with Gasteiger partial charge in [-0.1, -0.05) is 17.3 Å². The van der Waals surface area contributed by atoms with E-state index in [0.29, 0.717) is 35.2 Å². The Morgan fingerprint density at radius 2 is 2.00 bits per heavy atom. The summed E-state index contributed by atoms with van der Waals surface area (Å²) in [5, 5.41) is 3.84. The number of nitrogens with zero attached hydrogens (tertiary/aromatic N) is 5. The van der Waals surface area contributed by atoms with Crippen molar-refractivity contribution in [3.63, 3.8) is 0 Å². The van der Waals surface area contributed by atoms with Crippen LogP contribution in [0.5, 0.6) is 0 Å². The average Bonchev–Trinajstić information content (AvgIpc) is 3.19. The highest BCUT2D eigenvalue weighted by atomic mass is 16.5. The van der Waals surface area contributed by atoms with Crippen LogP contribution >= 0.6 is 0 Å². The van der Waals surface area contributed by atoms with Gasteiger partial charge in [-0.05, 0) is 44.4 Å². The summed E-state index contributed by atoms with van der Waals surface area (Å²) in [5.74, 6) is 1.32. The molecule has 1 fully saturated rings. The number of aryl methyl sites for hydroxylation is 1. The number of hydrogen-bond acceptors (Lipinski definition) is 7. The van der Waals surface area contributed by atoms with E-state index in [-0.39, 0.29) is 11.9 Å². The summed E-state index contributed by atoms with van der Waals surface area (Å²) in [6, 6.07) is 8.43. The maximum Gasteiger partial charge on any atom is 0.258 e. The fourth-order valence-corrected chi connectivity index (χ4v) is 3.65. The van der Waals surface area contributed by atoms with Crippen molar-refractivity contribution in [2.24, 2.45) is 5.73 Å². The first-order chi connectivity index (χ1) is 13.6. The molecule has 0 bridgehead atoms. The first kappa shape index (κ1) is 18.2. The van der Waals surface area contributed by atoms with Crippen LogP contribution in [-0.4, -0.2) is 43.5 Å². The minimum atomic E-state index is -0.441. The lowest BCUT2D eigenvalue weighted by Gasteiger charge is -2.38. The first-order valence-electron chi connectivity index (χ1n) is 9.38. The van der Waals surface area contributed by atoms with Crippen LogP contribution in [0.2, 0.25) is 0 Å². The van der Waals surface area contributed by atoms with Gasteiger partial charge in [0, 0.05) is 18.9 Å². The summed E-state index contributed by atoms with van der Waals surface area (Å²) in [4.78, 5) is 28.2. The summed E-state index contributed by atoms with van der Waals surface area (Å²) >= 11 is 0. The molecule has 1 aliphatic rings. The molecule has 1 aromatic carbocycles. The molecule has 1 saturated heterocycles. The van der Waals surface area contributed by atoms with Crippen LogP contribution in [0.15, 0.2) is 47.2 Å². The van der Waals surface area contributed by atoms with E-state index in [2.05, 4.69) is 20.1 Å². The van der Waals surface area contributed by atoms with Crippen molar-refractivity contribution < 1.29 is 9.32 Å². The van der Waals surface area contributed by atoms with Crippen molar-refractivity contribution in [3.8, 4) is 11.5 Å². The van der Waals surface area contributed by atoms with E-state index in [1.54, 1.807) is 31.5 Å². The highest BCUT2D eigenvalue weighted by Gasteiger charge is 2.34. The van der Waals surface area contributed by atoms with Gasteiger partial charge in [0.15, 0.2) is 5.82 Å². The number of rotatable bonds is 4. The van der Waals surface area contributed by atoms with Crippen molar-refractivity contribution in [1.29, 1.82) is 0 Å². The normalized spacial score (nSPS) is 18.1. The highest BCUT2D eigenvalue weighted by molar-refractivity contribution is 6.00. The molecular formula is C20H22N6O2. The summed E-state index contributed by atoms with van der Waals surface area (Å²) in [6.07, 6.45) is 6.10. The molecule has 0 spiro atoms. The Balaban J connectivity index is 1.67. The minimum Gasteiger partial charge on any atom is -0.334 e. The largest absolute Gasteiger partial charge is 0.334 e. The van der Waals surface area contributed by atoms with Crippen LogP contribution in [0.3, 0.4) is 0 Å². The third-order valence-electron chi connectivity index (χ3n) is 5.02. The minimum absolute atomic E-state index is 0.0949. The van der Waals surface area contributed by atoms with Crippen LogP contribution < -0.4 is 5.73 Å². The number of piperidine rings is 1. The number of benzene rings is 1. The highest BCUT2D eigenvalue weighted by Crippen LogP contribution is 2.30. The Morgan fingerprint density at radius 3 is 2.75 bits per heavy atom. The van der Waals surface area contributed by atoms with E-state index < -0.39 is 6.04 Å². The summed E-state index contributed by atoms with van der Waals surface area (Å²) in [6.45, 7) is 2.39. The van der Waals surface area contributed by atoms with E-state index >= 15 is 0 Å². The van der Waals surface area contributed by atoms with Gasteiger partial charge >= 0.3 is 0 Å². The second-order valence-corrected chi connectivity index (χ2v) is 6.89. The van der Waals surface area contributed by atoms with Gasteiger partial charge in [-0.3, -0.25) is 4.79 Å². The fraction of sp³-hybridized carbons (Fsp3) is 0.350. The van der Waals surface area contributed by atoms with Gasteiger partial charge in [0.1, 0.15) is 5.82 Å². The summed E-state index contributed by atoms with van der Waals surface area (Å²) < 4.78 is 5.30. The lowest BCUT2D eigenvalue weighted by atomic mass is 9.93. The molecule has 4 rings (SSSR count). The summed E-state index contributed by atoms with van der Waals surface area (Å²) in [5.41, 5.74) is 7.62. The van der Waals surface area contributed by atoms with Crippen LogP contribution in [-0.2, 0) is 0 Å². The Labute approximate surface area is 162 Å². The quantitative estimate of drug-likeness (QED) is 0.742. The van der Waals surface area contributed by atoms with E-state index in [1.165, 1.54) is 0 Å². The second kappa shape index (κ2) is 7.85. The van der Waals surface area contributed by atoms with Crippen LogP contribution in [0, 0.1) is 6.92 Å².